The highest BCUT2D eigenvalue weighted by Crippen LogP contribution is 2.21. The molecule has 2 heterocycles. The second-order valence-electron chi connectivity index (χ2n) is 6.17. The highest BCUT2D eigenvalue weighted by atomic mass is 35.5. The maximum absolute atomic E-state index is 12.3. The largest absolute Gasteiger partial charge is 0.392 e. The van der Waals surface area contributed by atoms with E-state index in [1.807, 2.05) is 18.2 Å². The van der Waals surface area contributed by atoms with Crippen LogP contribution in [0.3, 0.4) is 0 Å². The third-order valence-corrected chi connectivity index (χ3v) is 4.56. The molecule has 2 aliphatic rings. The van der Waals surface area contributed by atoms with Gasteiger partial charge in [-0.05, 0) is 12.0 Å². The van der Waals surface area contributed by atoms with Crippen molar-refractivity contribution in [2.75, 3.05) is 39.4 Å². The molecule has 0 bridgehead atoms. The maximum atomic E-state index is 12.3. The van der Waals surface area contributed by atoms with Crippen molar-refractivity contribution in [3.05, 3.63) is 35.9 Å². The summed E-state index contributed by atoms with van der Waals surface area (Å²) in [7, 11) is 0. The highest BCUT2D eigenvalue weighted by molar-refractivity contribution is 5.85. The minimum Gasteiger partial charge on any atom is -0.392 e. The first-order valence-electron chi connectivity index (χ1n) is 8.30. The summed E-state index contributed by atoms with van der Waals surface area (Å²) in [5, 5.41) is 15.6. The van der Waals surface area contributed by atoms with Crippen LogP contribution in [0.5, 0.6) is 0 Å². The van der Waals surface area contributed by atoms with Gasteiger partial charge in [0.1, 0.15) is 0 Å². The minimum atomic E-state index is -0.421. The predicted octanol–water partition coefficient (Wildman–Crippen LogP) is 0.742. The van der Waals surface area contributed by atoms with Crippen LogP contribution in [0.2, 0.25) is 0 Å². The zero-order valence-electron chi connectivity index (χ0n) is 14.1. The molecule has 0 radical (unpaired) electrons. The first kappa shape index (κ1) is 22.2. The first-order valence-corrected chi connectivity index (χ1v) is 8.30. The molecule has 3 unspecified atom stereocenters. The summed E-state index contributed by atoms with van der Waals surface area (Å²) in [5.41, 5.74) is 1.20. The SMILES string of the molecule is Cl.Cl.O=C(NCC(c1ccccc1)N1CCOCC1)C1CC(O)CN1. The number of carbonyl (C=O) groups is 1. The zero-order chi connectivity index (χ0) is 16.1. The summed E-state index contributed by atoms with van der Waals surface area (Å²) in [6.45, 7) is 4.26. The number of aliphatic hydroxyl groups excluding tert-OH is 1. The number of nitrogens with one attached hydrogen (secondary N) is 2. The molecule has 1 aromatic rings. The van der Waals surface area contributed by atoms with Crippen molar-refractivity contribution in [2.45, 2.75) is 24.6 Å². The van der Waals surface area contributed by atoms with Crippen molar-refractivity contribution in [1.29, 1.82) is 0 Å². The minimum absolute atomic E-state index is 0. The van der Waals surface area contributed by atoms with Gasteiger partial charge in [-0.3, -0.25) is 9.69 Å². The van der Waals surface area contributed by atoms with Crippen molar-refractivity contribution < 1.29 is 14.6 Å². The topological polar surface area (TPSA) is 73.8 Å². The first-order chi connectivity index (χ1) is 11.2. The normalized spacial score (nSPS) is 24.7. The number of hydrogen-bond acceptors (Lipinski definition) is 5. The van der Waals surface area contributed by atoms with E-state index in [9.17, 15) is 9.90 Å². The fourth-order valence-corrected chi connectivity index (χ4v) is 3.26. The molecule has 2 aliphatic heterocycles. The van der Waals surface area contributed by atoms with Gasteiger partial charge in [0.15, 0.2) is 0 Å². The Morgan fingerprint density at radius 1 is 1.28 bits per heavy atom. The summed E-state index contributed by atoms with van der Waals surface area (Å²) in [6.07, 6.45) is 0.0641. The number of rotatable bonds is 5. The molecule has 0 aliphatic carbocycles. The van der Waals surface area contributed by atoms with E-state index >= 15 is 0 Å². The molecule has 1 aromatic carbocycles. The van der Waals surface area contributed by atoms with Crippen molar-refractivity contribution in [1.82, 2.24) is 15.5 Å². The van der Waals surface area contributed by atoms with Gasteiger partial charge in [-0.25, -0.2) is 0 Å². The molecule has 3 rings (SSSR count). The predicted molar refractivity (Wildman–Crippen MR) is 101 cm³/mol. The maximum Gasteiger partial charge on any atom is 0.237 e. The fourth-order valence-electron chi connectivity index (χ4n) is 3.26. The number of ether oxygens (including phenoxy) is 1. The zero-order valence-corrected chi connectivity index (χ0v) is 15.7. The van der Waals surface area contributed by atoms with Crippen molar-refractivity contribution in [2.24, 2.45) is 0 Å². The van der Waals surface area contributed by atoms with Gasteiger partial charge in [0, 0.05) is 26.2 Å². The molecule has 6 nitrogen and oxygen atoms in total. The van der Waals surface area contributed by atoms with E-state index in [1.165, 1.54) is 5.56 Å². The Balaban J connectivity index is 0.00000156. The molecular weight excluding hydrogens is 365 g/mol. The Bertz CT molecular complexity index is 515. The number of halogens is 2. The standard InChI is InChI=1S/C17H25N3O3.2ClH/c21-14-10-15(18-11-14)17(22)19-12-16(13-4-2-1-3-5-13)20-6-8-23-9-7-20;;/h1-5,14-16,18,21H,6-12H2,(H,19,22);2*1H. The lowest BCUT2D eigenvalue weighted by Gasteiger charge is -2.35. The number of benzene rings is 1. The van der Waals surface area contributed by atoms with E-state index in [-0.39, 0.29) is 42.8 Å². The van der Waals surface area contributed by atoms with Gasteiger partial charge >= 0.3 is 0 Å². The second kappa shape index (κ2) is 11.0. The molecule has 2 saturated heterocycles. The van der Waals surface area contributed by atoms with E-state index < -0.39 is 6.10 Å². The van der Waals surface area contributed by atoms with E-state index in [2.05, 4.69) is 27.7 Å². The summed E-state index contributed by atoms with van der Waals surface area (Å²) in [5.74, 6) is -0.0317. The Hall–Kier alpha value is -0.890. The Morgan fingerprint density at radius 2 is 1.96 bits per heavy atom. The monoisotopic (exact) mass is 391 g/mol. The number of carbonyl (C=O) groups excluding carboxylic acids is 1. The number of nitrogens with zero attached hydrogens (tertiary/aromatic N) is 1. The molecule has 0 spiro atoms. The number of β-amino-alcohol motifs (C(OH)–C–C–N with tert-alkyl or cyclic N) is 1. The van der Waals surface area contributed by atoms with Crippen LogP contribution in [0.1, 0.15) is 18.0 Å². The van der Waals surface area contributed by atoms with Crippen LogP contribution in [0.4, 0.5) is 0 Å². The Morgan fingerprint density at radius 3 is 2.56 bits per heavy atom. The van der Waals surface area contributed by atoms with Crippen LogP contribution >= 0.6 is 24.8 Å². The van der Waals surface area contributed by atoms with Crippen LogP contribution in [-0.2, 0) is 9.53 Å². The van der Waals surface area contributed by atoms with E-state index in [0.29, 0.717) is 19.5 Å². The van der Waals surface area contributed by atoms with Gasteiger partial charge in [-0.15, -0.1) is 24.8 Å². The molecule has 3 N–H and O–H groups in total. The van der Waals surface area contributed by atoms with E-state index in [4.69, 9.17) is 4.74 Å². The van der Waals surface area contributed by atoms with Crippen LogP contribution in [-0.4, -0.2) is 67.5 Å². The average Bonchev–Trinajstić information content (AvgIpc) is 3.03. The molecular formula is C17H27Cl2N3O3. The lowest BCUT2D eigenvalue weighted by Crippen LogP contribution is -2.47. The number of morpholine rings is 1. The fraction of sp³-hybridized carbons (Fsp3) is 0.588. The van der Waals surface area contributed by atoms with Gasteiger partial charge in [0.25, 0.3) is 0 Å². The second-order valence-corrected chi connectivity index (χ2v) is 6.17. The summed E-state index contributed by atoms with van der Waals surface area (Å²) in [6, 6.07) is 10.1. The van der Waals surface area contributed by atoms with Crippen LogP contribution < -0.4 is 10.6 Å². The quantitative estimate of drug-likeness (QED) is 0.690. The smallest absolute Gasteiger partial charge is 0.237 e. The molecule has 3 atom stereocenters. The van der Waals surface area contributed by atoms with Crippen LogP contribution in [0.25, 0.3) is 0 Å². The van der Waals surface area contributed by atoms with Gasteiger partial charge in [-0.2, -0.15) is 0 Å². The van der Waals surface area contributed by atoms with E-state index in [0.717, 1.165) is 26.3 Å². The third kappa shape index (κ3) is 6.09. The number of aliphatic hydroxyl groups is 1. The lowest BCUT2D eigenvalue weighted by molar-refractivity contribution is -0.123. The number of amides is 1. The molecule has 25 heavy (non-hydrogen) atoms. The molecule has 1 amide bonds. The van der Waals surface area contributed by atoms with Crippen molar-refractivity contribution in [3.63, 3.8) is 0 Å². The van der Waals surface area contributed by atoms with Gasteiger partial charge in [-0.1, -0.05) is 30.3 Å². The molecule has 0 saturated carbocycles. The van der Waals surface area contributed by atoms with Crippen LogP contribution in [0.15, 0.2) is 30.3 Å². The van der Waals surface area contributed by atoms with Crippen molar-refractivity contribution in [3.8, 4) is 0 Å². The molecule has 2 fully saturated rings. The van der Waals surface area contributed by atoms with Crippen LogP contribution in [0, 0.1) is 0 Å². The highest BCUT2D eigenvalue weighted by Gasteiger charge is 2.29. The Kier molecular flexibility index (Phi) is 9.71. The van der Waals surface area contributed by atoms with E-state index in [1.54, 1.807) is 0 Å². The average molecular weight is 392 g/mol. The van der Waals surface area contributed by atoms with Gasteiger partial charge < -0.3 is 20.5 Å². The summed E-state index contributed by atoms with van der Waals surface area (Å²) >= 11 is 0. The van der Waals surface area contributed by atoms with Gasteiger partial charge in [0.2, 0.25) is 5.91 Å². The van der Waals surface area contributed by atoms with Crippen molar-refractivity contribution >= 4 is 30.7 Å². The lowest BCUT2D eigenvalue weighted by atomic mass is 10.0. The molecule has 0 aromatic heterocycles. The summed E-state index contributed by atoms with van der Waals surface area (Å²) in [4.78, 5) is 14.6. The number of hydrogen-bond donors (Lipinski definition) is 3. The third-order valence-electron chi connectivity index (χ3n) is 4.56. The molecule has 8 heteroatoms. The molecule has 142 valence electrons. The summed E-state index contributed by atoms with van der Waals surface area (Å²) < 4.78 is 5.44. The Labute approximate surface area is 161 Å². The van der Waals surface area contributed by atoms with Gasteiger partial charge in [0.05, 0.1) is 31.4 Å².